The van der Waals surface area contributed by atoms with Crippen LogP contribution in [0.5, 0.6) is 0 Å². The molecule has 2 amide bonds. The van der Waals surface area contributed by atoms with Gasteiger partial charge in [0.05, 0.1) is 36.2 Å². The van der Waals surface area contributed by atoms with Crippen molar-refractivity contribution in [3.05, 3.63) is 119 Å². The lowest BCUT2D eigenvalue weighted by Crippen LogP contribution is -2.82. The molecule has 17 nitrogen and oxygen atoms in total. The standard InChI is InChI=1S/C53H61FN2O15S/c1-8-38(58)68-41-39-29(3)35(67-48(62)42(69-49(63)55-9-2)40(31-16-12-10-13-17-31)56-46(60)32-18-14-11-15-19-32)27-53(64,50(39,5)6)45(70-47(61)33-20-22-34(54)23-21-33)43-51(7,44(41)59)36(65-24-25-72)26-37-52(43,28-66-37)71-30(4)57/h10-23,35-37,40-43,45,64,72H,8-9,24-28H2,1-7H3,(H,55,63)(H,56,60)/t35-,36-,37+,40-,41+,42+,43?,45?,51+,52-,53+/m0/s1. The number of nitrogens with one attached hydrogen (secondary N) is 2. The Morgan fingerprint density at radius 3 is 2.14 bits per heavy atom. The molecule has 2 unspecified atom stereocenters. The molecule has 11 atom stereocenters. The molecule has 0 radical (unpaired) electrons. The number of carbonyl (C=O) groups excluding carboxylic acids is 7. The topological polar surface area (TPSA) is 228 Å². The van der Waals surface area contributed by atoms with E-state index in [1.165, 1.54) is 32.9 Å². The van der Waals surface area contributed by atoms with E-state index in [1.807, 2.05) is 0 Å². The summed E-state index contributed by atoms with van der Waals surface area (Å²) in [4.78, 5) is 100. The smallest absolute Gasteiger partial charge is 0.408 e. The number of esters is 4. The Bertz CT molecular complexity index is 2580. The average Bonchev–Trinajstić information content (AvgIpc) is 3.34. The molecule has 3 N–H and O–H groups in total. The minimum absolute atomic E-state index is 0.000900. The van der Waals surface area contributed by atoms with Crippen molar-refractivity contribution in [1.29, 1.82) is 0 Å². The van der Waals surface area contributed by atoms with Crippen LogP contribution in [0.25, 0.3) is 0 Å². The highest BCUT2D eigenvalue weighted by molar-refractivity contribution is 7.80. The van der Waals surface area contributed by atoms with Gasteiger partial charge in [0.2, 0.25) is 6.10 Å². The molecular weight excluding hydrogens is 956 g/mol. The largest absolute Gasteiger partial charge is 0.455 e. The SMILES string of the molecule is CCNC(=O)O[C@@H](C(=O)O[C@H]1C[C@@]2(O)C(OC(=O)c3ccc(F)cc3)C3[C@](C)(C(=O)[C@H](OC(=O)CC)C(=C1C)C2(C)C)[C@@H](OCCS)C[C@H]1OC[C@@]31OC(C)=O)[C@@H](NC(=O)c1ccccc1)c1ccccc1. The fourth-order valence-corrected chi connectivity index (χ4v) is 11.2. The lowest BCUT2D eigenvalue weighted by atomic mass is 9.44. The number of amides is 2. The number of ether oxygens (including phenoxy) is 7. The van der Waals surface area contributed by atoms with E-state index in [-0.39, 0.29) is 60.6 Å². The minimum Gasteiger partial charge on any atom is -0.455 e. The molecule has 0 aromatic heterocycles. The number of benzene rings is 3. The molecular formula is C53H61FN2O15S. The average molecular weight is 1020 g/mol. The van der Waals surface area contributed by atoms with E-state index in [0.29, 0.717) is 5.56 Å². The molecule has 2 saturated carbocycles. The highest BCUT2D eigenvalue weighted by atomic mass is 32.1. The van der Waals surface area contributed by atoms with Gasteiger partial charge in [-0.15, -0.1) is 0 Å². The summed E-state index contributed by atoms with van der Waals surface area (Å²) >= 11 is 4.36. The van der Waals surface area contributed by atoms with Crippen molar-refractivity contribution in [1.82, 2.24) is 10.6 Å². The monoisotopic (exact) mass is 1020 g/mol. The highest BCUT2D eigenvalue weighted by Crippen LogP contribution is 2.65. The van der Waals surface area contributed by atoms with Crippen LogP contribution in [0.2, 0.25) is 0 Å². The lowest BCUT2D eigenvalue weighted by Gasteiger charge is -2.67. The zero-order valence-electron chi connectivity index (χ0n) is 41.1. The van der Waals surface area contributed by atoms with Crippen LogP contribution < -0.4 is 10.6 Å². The van der Waals surface area contributed by atoms with Gasteiger partial charge < -0.3 is 48.9 Å². The zero-order chi connectivity index (χ0) is 52.3. The molecule has 386 valence electrons. The lowest BCUT2D eigenvalue weighted by molar-refractivity contribution is -0.348. The molecule has 3 aromatic carbocycles. The maximum atomic E-state index is 16.2. The molecule has 72 heavy (non-hydrogen) atoms. The van der Waals surface area contributed by atoms with Crippen LogP contribution in [0, 0.1) is 22.6 Å². The van der Waals surface area contributed by atoms with E-state index in [2.05, 4.69) is 23.3 Å². The normalized spacial score (nSPS) is 28.9. The number of alkyl carbamates (subject to hydrolysis) is 1. The number of hydrogen-bond donors (Lipinski definition) is 4. The second kappa shape index (κ2) is 21.5. The molecule has 1 saturated heterocycles. The number of carbonyl (C=O) groups is 7. The Hall–Kier alpha value is -6.15. The number of Topliss-reactive ketones (excluding diaryl/α,β-unsaturated/α-hetero) is 1. The molecule has 0 spiro atoms. The van der Waals surface area contributed by atoms with E-state index in [1.54, 1.807) is 81.4 Å². The maximum Gasteiger partial charge on any atom is 0.408 e. The number of hydrogen-bond acceptors (Lipinski definition) is 16. The maximum absolute atomic E-state index is 16.2. The summed E-state index contributed by atoms with van der Waals surface area (Å²) in [5.74, 6) is -7.33. The Labute approximate surface area is 422 Å². The quantitative estimate of drug-likeness (QED) is 0.0561. The summed E-state index contributed by atoms with van der Waals surface area (Å²) in [7, 11) is 0. The molecule has 3 aromatic rings. The summed E-state index contributed by atoms with van der Waals surface area (Å²) in [6.45, 7) is 10.2. The van der Waals surface area contributed by atoms with E-state index in [4.69, 9.17) is 33.2 Å². The summed E-state index contributed by atoms with van der Waals surface area (Å²) < 4.78 is 58.0. The molecule has 7 rings (SSSR count). The van der Waals surface area contributed by atoms with Gasteiger partial charge in [0, 0.05) is 49.5 Å². The molecule has 3 aliphatic carbocycles. The molecule has 4 aliphatic rings. The van der Waals surface area contributed by atoms with E-state index in [9.17, 15) is 33.5 Å². The van der Waals surface area contributed by atoms with Gasteiger partial charge in [-0.3, -0.25) is 19.2 Å². The van der Waals surface area contributed by atoms with Gasteiger partial charge in [0.15, 0.2) is 17.5 Å². The second-order valence-corrected chi connectivity index (χ2v) is 19.7. The fraction of sp³-hybridized carbons (Fsp3) is 0.491. The van der Waals surface area contributed by atoms with Crippen LogP contribution in [0.3, 0.4) is 0 Å². The molecule has 1 aliphatic heterocycles. The third kappa shape index (κ3) is 9.87. The highest BCUT2D eigenvalue weighted by Gasteiger charge is 2.78. The number of rotatable bonds is 16. The Balaban J connectivity index is 1.46. The van der Waals surface area contributed by atoms with Crippen LogP contribution in [0.4, 0.5) is 9.18 Å². The fourth-order valence-electron chi connectivity index (χ4n) is 11.1. The van der Waals surface area contributed by atoms with Gasteiger partial charge in [-0.1, -0.05) is 69.3 Å². The second-order valence-electron chi connectivity index (χ2n) is 19.2. The minimum atomic E-state index is -2.49. The number of fused-ring (bicyclic) bond motifs is 5. The molecule has 2 bridgehead atoms. The first-order valence-corrected chi connectivity index (χ1v) is 24.5. The first kappa shape index (κ1) is 53.6. The summed E-state index contributed by atoms with van der Waals surface area (Å²) in [6, 6.07) is 19.4. The Kier molecular flexibility index (Phi) is 16.0. The van der Waals surface area contributed by atoms with Gasteiger partial charge in [-0.25, -0.2) is 18.8 Å². The van der Waals surface area contributed by atoms with Crippen LogP contribution in [0.1, 0.15) is 100 Å². The van der Waals surface area contributed by atoms with Crippen LogP contribution >= 0.6 is 12.6 Å². The van der Waals surface area contributed by atoms with Gasteiger partial charge in [0.1, 0.15) is 35.8 Å². The van der Waals surface area contributed by atoms with Crippen molar-refractivity contribution in [2.75, 3.05) is 25.5 Å². The van der Waals surface area contributed by atoms with E-state index in [0.717, 1.165) is 19.1 Å². The molecule has 19 heteroatoms. The number of thiol groups is 1. The van der Waals surface area contributed by atoms with Crippen molar-refractivity contribution in [2.24, 2.45) is 16.7 Å². The number of aliphatic hydroxyl groups is 1. The first-order chi connectivity index (χ1) is 34.2. The van der Waals surface area contributed by atoms with Crippen molar-refractivity contribution in [3.63, 3.8) is 0 Å². The van der Waals surface area contributed by atoms with Gasteiger partial charge in [-0.2, -0.15) is 12.6 Å². The zero-order valence-corrected chi connectivity index (χ0v) is 42.0. The Morgan fingerprint density at radius 1 is 0.903 bits per heavy atom. The predicted molar refractivity (Wildman–Crippen MR) is 258 cm³/mol. The number of ketones is 1. The van der Waals surface area contributed by atoms with Crippen molar-refractivity contribution < 1.29 is 76.2 Å². The summed E-state index contributed by atoms with van der Waals surface area (Å²) in [5.41, 5.74) is -7.45. The van der Waals surface area contributed by atoms with Crippen molar-refractivity contribution in [2.45, 2.75) is 122 Å². The van der Waals surface area contributed by atoms with Crippen LogP contribution in [-0.4, -0.2) is 120 Å². The molecule has 1 heterocycles. The molecule has 3 fully saturated rings. The Morgan fingerprint density at radius 2 is 1.56 bits per heavy atom. The van der Waals surface area contributed by atoms with Crippen LogP contribution in [-0.2, 0) is 52.3 Å². The van der Waals surface area contributed by atoms with E-state index < -0.39 is 125 Å². The number of halogens is 1. The summed E-state index contributed by atoms with van der Waals surface area (Å²) in [5, 5.41) is 19.4. The van der Waals surface area contributed by atoms with Crippen LogP contribution in [0.15, 0.2) is 96.1 Å². The van der Waals surface area contributed by atoms with E-state index >= 15 is 9.59 Å². The van der Waals surface area contributed by atoms with Crippen molar-refractivity contribution in [3.8, 4) is 0 Å². The third-order valence-corrected chi connectivity index (χ3v) is 14.9. The summed E-state index contributed by atoms with van der Waals surface area (Å²) in [6.07, 6.45) is -11.2. The van der Waals surface area contributed by atoms with Gasteiger partial charge in [0.25, 0.3) is 5.91 Å². The van der Waals surface area contributed by atoms with Gasteiger partial charge in [-0.05, 0) is 73.9 Å². The predicted octanol–water partition coefficient (Wildman–Crippen LogP) is 5.97. The first-order valence-electron chi connectivity index (χ1n) is 23.9. The van der Waals surface area contributed by atoms with Gasteiger partial charge >= 0.3 is 30.0 Å². The van der Waals surface area contributed by atoms with Crippen molar-refractivity contribution >= 4 is 54.3 Å². The third-order valence-electron chi connectivity index (χ3n) is 14.7.